The monoisotopic (exact) mass is 316 g/mol. The van der Waals surface area contributed by atoms with Crippen molar-refractivity contribution in [1.82, 2.24) is 10.9 Å². The van der Waals surface area contributed by atoms with Gasteiger partial charge in [-0.05, 0) is 35.9 Å². The first kappa shape index (κ1) is 14.8. The topological polar surface area (TPSA) is 76.7 Å². The lowest BCUT2D eigenvalue weighted by Crippen LogP contribution is -2.42. The normalized spacial score (nSPS) is 11.9. The van der Waals surface area contributed by atoms with Crippen molar-refractivity contribution in [2.24, 2.45) is 0 Å². The van der Waals surface area contributed by atoms with Crippen molar-refractivity contribution in [3.05, 3.63) is 59.4 Å². The molecule has 3 rings (SSSR count). The molecule has 0 fully saturated rings. The van der Waals surface area contributed by atoms with Gasteiger partial charge in [-0.2, -0.15) is 0 Å². The Morgan fingerprint density at radius 3 is 2.52 bits per heavy atom. The molecule has 2 N–H and O–H groups in total. The van der Waals surface area contributed by atoms with E-state index in [-0.39, 0.29) is 19.0 Å². The number of nitrogens with one attached hydrogen (secondary N) is 2. The van der Waals surface area contributed by atoms with E-state index in [0.717, 1.165) is 0 Å². The van der Waals surface area contributed by atoms with Gasteiger partial charge >= 0.3 is 0 Å². The van der Waals surface area contributed by atoms with Gasteiger partial charge in [0, 0.05) is 5.56 Å². The van der Waals surface area contributed by atoms with Gasteiger partial charge in [-0.1, -0.05) is 12.1 Å². The molecule has 0 bridgehead atoms. The average Bonchev–Trinajstić information content (AvgIpc) is 3.02. The maximum Gasteiger partial charge on any atom is 0.269 e. The minimum Gasteiger partial charge on any atom is -0.454 e. The van der Waals surface area contributed by atoms with Crippen molar-refractivity contribution in [2.75, 3.05) is 6.79 Å². The van der Waals surface area contributed by atoms with Crippen molar-refractivity contribution in [2.45, 2.75) is 6.42 Å². The van der Waals surface area contributed by atoms with E-state index in [9.17, 15) is 14.0 Å². The lowest BCUT2D eigenvalue weighted by atomic mass is 10.1. The molecule has 7 heteroatoms. The van der Waals surface area contributed by atoms with Crippen LogP contribution in [0.15, 0.2) is 42.5 Å². The predicted octanol–water partition coefficient (Wildman–Crippen LogP) is 1.56. The maximum absolute atomic E-state index is 12.8. The highest BCUT2D eigenvalue weighted by molar-refractivity contribution is 5.96. The molecule has 0 saturated carbocycles. The minimum absolute atomic E-state index is 0.0295. The number of hydrazine groups is 1. The fraction of sp³-hybridized carbons (Fsp3) is 0.125. The zero-order chi connectivity index (χ0) is 16.2. The Balaban J connectivity index is 1.54. The molecule has 1 heterocycles. The standard InChI is InChI=1S/C16H13FN2O4/c17-12-4-1-10(2-5-12)7-15(20)18-19-16(21)11-3-6-13-14(8-11)23-9-22-13/h1-6,8H,7,9H2,(H,18,20)(H,19,21). The van der Waals surface area contributed by atoms with E-state index in [1.807, 2.05) is 0 Å². The van der Waals surface area contributed by atoms with Crippen molar-refractivity contribution in [1.29, 1.82) is 0 Å². The smallest absolute Gasteiger partial charge is 0.269 e. The van der Waals surface area contributed by atoms with E-state index in [4.69, 9.17) is 9.47 Å². The molecule has 0 aromatic heterocycles. The average molecular weight is 316 g/mol. The van der Waals surface area contributed by atoms with E-state index < -0.39 is 11.8 Å². The predicted molar refractivity (Wildman–Crippen MR) is 78.3 cm³/mol. The van der Waals surface area contributed by atoms with Crippen molar-refractivity contribution >= 4 is 11.8 Å². The summed E-state index contributed by atoms with van der Waals surface area (Å²) >= 11 is 0. The van der Waals surface area contributed by atoms with E-state index in [2.05, 4.69) is 10.9 Å². The van der Waals surface area contributed by atoms with Crippen molar-refractivity contribution in [3.63, 3.8) is 0 Å². The highest BCUT2D eigenvalue weighted by Crippen LogP contribution is 2.32. The molecule has 0 unspecified atom stereocenters. The molecule has 0 spiro atoms. The van der Waals surface area contributed by atoms with Crippen LogP contribution in [0, 0.1) is 5.82 Å². The summed E-state index contributed by atoms with van der Waals surface area (Å²) in [6, 6.07) is 10.3. The van der Waals surface area contributed by atoms with Crippen LogP contribution in [0.2, 0.25) is 0 Å². The summed E-state index contributed by atoms with van der Waals surface area (Å²) in [5.74, 6) is -0.205. The van der Waals surface area contributed by atoms with Gasteiger partial charge in [0.2, 0.25) is 12.7 Å². The Morgan fingerprint density at radius 1 is 1.00 bits per heavy atom. The third kappa shape index (κ3) is 3.57. The number of halogens is 1. The van der Waals surface area contributed by atoms with Gasteiger partial charge in [-0.25, -0.2) is 4.39 Å². The summed E-state index contributed by atoms with van der Waals surface area (Å²) in [6.45, 7) is 0.120. The van der Waals surface area contributed by atoms with Crippen molar-refractivity contribution in [3.8, 4) is 11.5 Å². The Labute approximate surface area is 131 Å². The number of amides is 2. The van der Waals surface area contributed by atoms with Crippen molar-refractivity contribution < 1.29 is 23.5 Å². The third-order valence-electron chi connectivity index (χ3n) is 3.23. The summed E-state index contributed by atoms with van der Waals surface area (Å²) in [5.41, 5.74) is 5.59. The van der Waals surface area contributed by atoms with Gasteiger partial charge in [0.15, 0.2) is 11.5 Å². The number of carbonyl (C=O) groups is 2. The molecule has 0 atom stereocenters. The second kappa shape index (κ2) is 6.35. The molecule has 6 nitrogen and oxygen atoms in total. The van der Waals surface area contributed by atoms with Gasteiger partial charge in [0.1, 0.15) is 5.82 Å². The van der Waals surface area contributed by atoms with Crippen LogP contribution < -0.4 is 20.3 Å². The molecular formula is C16H13FN2O4. The van der Waals surface area contributed by atoms with Crippen LogP contribution in [0.5, 0.6) is 11.5 Å². The quantitative estimate of drug-likeness (QED) is 0.843. The molecule has 1 aliphatic rings. The van der Waals surface area contributed by atoms with Crippen LogP contribution in [0.3, 0.4) is 0 Å². The molecule has 2 amide bonds. The molecule has 0 aliphatic carbocycles. The van der Waals surface area contributed by atoms with Crippen LogP contribution in [-0.2, 0) is 11.2 Å². The molecule has 0 saturated heterocycles. The summed E-state index contributed by atoms with van der Waals surface area (Å²) < 4.78 is 23.1. The van der Waals surface area contributed by atoms with Gasteiger partial charge in [-0.3, -0.25) is 20.4 Å². The molecule has 1 aliphatic heterocycles. The molecule has 23 heavy (non-hydrogen) atoms. The molecular weight excluding hydrogens is 303 g/mol. The lowest BCUT2D eigenvalue weighted by Gasteiger charge is -2.08. The van der Waals surface area contributed by atoms with Crippen LogP contribution >= 0.6 is 0 Å². The first-order valence-electron chi connectivity index (χ1n) is 6.85. The van der Waals surface area contributed by atoms with Gasteiger partial charge in [-0.15, -0.1) is 0 Å². The number of ether oxygens (including phenoxy) is 2. The van der Waals surface area contributed by atoms with E-state index in [1.165, 1.54) is 30.3 Å². The second-order valence-corrected chi connectivity index (χ2v) is 4.87. The minimum atomic E-state index is -0.476. The summed E-state index contributed by atoms with van der Waals surface area (Å²) in [5, 5.41) is 0. The highest BCUT2D eigenvalue weighted by Gasteiger charge is 2.16. The van der Waals surface area contributed by atoms with Gasteiger partial charge in [0.25, 0.3) is 5.91 Å². The summed E-state index contributed by atoms with van der Waals surface area (Å²) in [7, 11) is 0. The Morgan fingerprint density at radius 2 is 1.74 bits per heavy atom. The van der Waals surface area contributed by atoms with Crippen LogP contribution in [0.1, 0.15) is 15.9 Å². The SMILES string of the molecule is O=C(Cc1ccc(F)cc1)NNC(=O)c1ccc2c(c1)OCO2. The number of hydrogen-bond acceptors (Lipinski definition) is 4. The number of benzene rings is 2. The van der Waals surface area contributed by atoms with Gasteiger partial charge in [0.05, 0.1) is 6.42 Å². The second-order valence-electron chi connectivity index (χ2n) is 4.87. The lowest BCUT2D eigenvalue weighted by molar-refractivity contribution is -0.121. The first-order chi connectivity index (χ1) is 11.1. The molecule has 0 radical (unpaired) electrons. The van der Waals surface area contributed by atoms with E-state index in [1.54, 1.807) is 12.1 Å². The number of carbonyl (C=O) groups excluding carboxylic acids is 2. The number of hydrogen-bond donors (Lipinski definition) is 2. The summed E-state index contributed by atoms with van der Waals surface area (Å²) in [6.07, 6.45) is 0.0295. The third-order valence-corrected chi connectivity index (χ3v) is 3.23. The summed E-state index contributed by atoms with van der Waals surface area (Å²) in [4.78, 5) is 23.7. The van der Waals surface area contributed by atoms with Crippen LogP contribution in [-0.4, -0.2) is 18.6 Å². The zero-order valence-electron chi connectivity index (χ0n) is 12.0. The Hall–Kier alpha value is -3.09. The Bertz CT molecular complexity index is 746. The highest BCUT2D eigenvalue weighted by atomic mass is 19.1. The Kier molecular flexibility index (Phi) is 4.09. The molecule has 2 aromatic rings. The molecule has 118 valence electrons. The largest absolute Gasteiger partial charge is 0.454 e. The van der Waals surface area contributed by atoms with Crippen LogP contribution in [0.25, 0.3) is 0 Å². The van der Waals surface area contributed by atoms with Crippen LogP contribution in [0.4, 0.5) is 4.39 Å². The first-order valence-corrected chi connectivity index (χ1v) is 6.85. The molecule has 2 aromatic carbocycles. The number of rotatable bonds is 3. The zero-order valence-corrected chi connectivity index (χ0v) is 12.0. The fourth-order valence-corrected chi connectivity index (χ4v) is 2.07. The maximum atomic E-state index is 12.8. The van der Waals surface area contributed by atoms with E-state index >= 15 is 0 Å². The number of fused-ring (bicyclic) bond motifs is 1. The van der Waals surface area contributed by atoms with Gasteiger partial charge < -0.3 is 9.47 Å². The van der Waals surface area contributed by atoms with E-state index in [0.29, 0.717) is 22.6 Å². The fourth-order valence-electron chi connectivity index (χ4n) is 2.07.